The summed E-state index contributed by atoms with van der Waals surface area (Å²) in [6, 6.07) is 0. The van der Waals surface area contributed by atoms with Gasteiger partial charge in [-0.1, -0.05) is 184 Å². The molecule has 0 spiro atoms. The second-order valence-electron chi connectivity index (χ2n) is 15.3. The van der Waals surface area contributed by atoms with E-state index in [0.29, 0.717) is 19.3 Å². The summed E-state index contributed by atoms with van der Waals surface area (Å²) in [6.45, 7) is 6.41. The first kappa shape index (κ1) is 53.1. The second-order valence-corrected chi connectivity index (χ2v) is 15.3. The molecule has 0 aliphatic rings. The Morgan fingerprint density at radius 2 is 0.732 bits per heavy atom. The number of esters is 3. The minimum atomic E-state index is -0.782. The van der Waals surface area contributed by atoms with Gasteiger partial charge in [0.1, 0.15) is 13.2 Å². The minimum absolute atomic E-state index is 0.0858. The third-order valence-corrected chi connectivity index (χ3v) is 9.74. The van der Waals surface area contributed by atoms with Gasteiger partial charge in [-0.25, -0.2) is 0 Å². The molecule has 0 saturated carbocycles. The predicted octanol–water partition coefficient (Wildman–Crippen LogP) is 14.9. The molecule has 0 aromatic carbocycles. The van der Waals surface area contributed by atoms with Crippen LogP contribution in [0.25, 0.3) is 0 Å². The van der Waals surface area contributed by atoms with Gasteiger partial charge in [-0.05, 0) is 77.0 Å². The van der Waals surface area contributed by atoms with Crippen molar-refractivity contribution >= 4 is 17.9 Å². The summed E-state index contributed by atoms with van der Waals surface area (Å²) in [4.78, 5) is 37.7. The molecule has 6 nitrogen and oxygen atoms in total. The lowest BCUT2D eigenvalue weighted by atomic mass is 10.1. The molecule has 322 valence electrons. The number of unbranched alkanes of at least 4 members (excludes halogenated alkanes) is 20. The number of carbonyl (C=O) groups is 3. The van der Waals surface area contributed by atoms with Gasteiger partial charge >= 0.3 is 17.9 Å². The van der Waals surface area contributed by atoms with Gasteiger partial charge in [0.2, 0.25) is 0 Å². The number of hydrogen-bond acceptors (Lipinski definition) is 6. The van der Waals surface area contributed by atoms with Crippen LogP contribution in [-0.4, -0.2) is 37.2 Å². The van der Waals surface area contributed by atoms with E-state index in [0.717, 1.165) is 109 Å². The van der Waals surface area contributed by atoms with Gasteiger partial charge < -0.3 is 14.2 Å². The van der Waals surface area contributed by atoms with E-state index in [-0.39, 0.29) is 31.1 Å². The number of ether oxygens (including phenoxy) is 3. The van der Waals surface area contributed by atoms with Crippen LogP contribution in [0.3, 0.4) is 0 Å². The Morgan fingerprint density at radius 3 is 1.18 bits per heavy atom. The van der Waals surface area contributed by atoms with Crippen LogP contribution in [0.15, 0.2) is 60.8 Å². The molecule has 0 aliphatic heterocycles. The van der Waals surface area contributed by atoms with Crippen LogP contribution in [-0.2, 0) is 28.6 Å². The third kappa shape index (κ3) is 42.3. The summed E-state index contributed by atoms with van der Waals surface area (Å²) in [6.07, 6.45) is 53.4. The lowest BCUT2D eigenvalue weighted by Crippen LogP contribution is -2.30. The summed E-state index contributed by atoms with van der Waals surface area (Å²) in [7, 11) is 0. The van der Waals surface area contributed by atoms with Gasteiger partial charge in [0.15, 0.2) is 6.10 Å². The first-order chi connectivity index (χ1) is 27.5. The Hall–Kier alpha value is -2.89. The Kier molecular flexibility index (Phi) is 42.5. The fourth-order valence-corrected chi connectivity index (χ4v) is 6.26. The van der Waals surface area contributed by atoms with E-state index in [1.807, 2.05) is 0 Å². The van der Waals surface area contributed by atoms with Gasteiger partial charge in [-0.15, -0.1) is 0 Å². The van der Waals surface area contributed by atoms with E-state index in [4.69, 9.17) is 14.2 Å². The van der Waals surface area contributed by atoms with Crippen LogP contribution in [0.2, 0.25) is 0 Å². The average Bonchev–Trinajstić information content (AvgIpc) is 3.19. The van der Waals surface area contributed by atoms with Crippen molar-refractivity contribution in [1.29, 1.82) is 0 Å². The van der Waals surface area contributed by atoms with Gasteiger partial charge in [0.25, 0.3) is 0 Å². The van der Waals surface area contributed by atoms with Crippen LogP contribution < -0.4 is 0 Å². The van der Waals surface area contributed by atoms with Crippen molar-refractivity contribution in [2.75, 3.05) is 13.2 Å². The fourth-order valence-electron chi connectivity index (χ4n) is 6.26. The molecular formula is C50H86O6. The molecule has 0 N–H and O–H groups in total. The molecule has 0 fully saturated rings. The summed E-state index contributed by atoms with van der Waals surface area (Å²) < 4.78 is 16.7. The van der Waals surface area contributed by atoms with E-state index in [1.54, 1.807) is 0 Å². The van der Waals surface area contributed by atoms with Crippen molar-refractivity contribution in [3.63, 3.8) is 0 Å². The van der Waals surface area contributed by atoms with Crippen LogP contribution >= 0.6 is 0 Å². The highest BCUT2D eigenvalue weighted by molar-refractivity contribution is 5.71. The van der Waals surface area contributed by atoms with E-state index in [9.17, 15) is 14.4 Å². The maximum Gasteiger partial charge on any atom is 0.306 e. The topological polar surface area (TPSA) is 78.9 Å². The van der Waals surface area contributed by atoms with E-state index >= 15 is 0 Å². The number of hydrogen-bond donors (Lipinski definition) is 0. The normalized spacial score (nSPS) is 12.6. The molecule has 0 aromatic heterocycles. The zero-order valence-electron chi connectivity index (χ0n) is 36.6. The molecule has 0 rings (SSSR count). The average molecular weight is 783 g/mol. The molecule has 0 bridgehead atoms. The highest BCUT2D eigenvalue weighted by atomic mass is 16.6. The Bertz CT molecular complexity index is 1040. The molecule has 1 unspecified atom stereocenters. The Balaban J connectivity index is 4.39. The molecule has 0 aliphatic carbocycles. The summed E-state index contributed by atoms with van der Waals surface area (Å²) in [5.74, 6) is -0.922. The molecule has 0 saturated heterocycles. The standard InChI is InChI=1S/C50H86O6/c1-4-7-10-13-16-19-22-23-24-25-26-27-29-31-34-37-40-43-49(52)55-46-47(45-54-48(51)42-39-36-33-30-21-18-15-12-9-6-3)56-50(53)44-41-38-35-32-28-20-17-14-11-8-5-2/h7,10,12,15-16,19,23-24,26-27,47H,4-6,8-9,11,13-14,17-18,20-22,25,28-46H2,1-3H3/b10-7-,15-12-,19-16-,24-23-,27-26-. The quantitative estimate of drug-likeness (QED) is 0.0266. The molecular weight excluding hydrogens is 697 g/mol. The SMILES string of the molecule is CC/C=C\C/C=C\C/C=C\C/C=C\CCCCCCC(=O)OCC(COC(=O)CCCCCCC/C=C\CCC)OC(=O)CCCCCCCCCCCCC. The van der Waals surface area contributed by atoms with Crippen molar-refractivity contribution in [3.05, 3.63) is 60.8 Å². The van der Waals surface area contributed by atoms with Gasteiger partial charge in [-0.3, -0.25) is 14.4 Å². The molecule has 56 heavy (non-hydrogen) atoms. The summed E-state index contributed by atoms with van der Waals surface area (Å²) in [5.41, 5.74) is 0. The van der Waals surface area contributed by atoms with Gasteiger partial charge in [0.05, 0.1) is 0 Å². The summed E-state index contributed by atoms with van der Waals surface area (Å²) in [5, 5.41) is 0. The first-order valence-electron chi connectivity index (χ1n) is 23.3. The maximum absolute atomic E-state index is 12.7. The van der Waals surface area contributed by atoms with Crippen LogP contribution in [0.4, 0.5) is 0 Å². The van der Waals surface area contributed by atoms with Crippen molar-refractivity contribution in [2.45, 2.75) is 226 Å². The van der Waals surface area contributed by atoms with Crippen molar-refractivity contribution in [1.82, 2.24) is 0 Å². The number of allylic oxidation sites excluding steroid dienone is 10. The van der Waals surface area contributed by atoms with E-state index in [1.165, 1.54) is 70.6 Å². The highest BCUT2D eigenvalue weighted by Gasteiger charge is 2.19. The number of carbonyl (C=O) groups excluding carboxylic acids is 3. The molecule has 0 amide bonds. The molecule has 0 radical (unpaired) electrons. The van der Waals surface area contributed by atoms with Gasteiger partial charge in [0, 0.05) is 19.3 Å². The van der Waals surface area contributed by atoms with Crippen LogP contribution in [0.5, 0.6) is 0 Å². The lowest BCUT2D eigenvalue weighted by molar-refractivity contribution is -0.167. The smallest absolute Gasteiger partial charge is 0.306 e. The fraction of sp³-hybridized carbons (Fsp3) is 0.740. The Labute approximate surface area is 345 Å². The van der Waals surface area contributed by atoms with Crippen LogP contribution in [0.1, 0.15) is 220 Å². The zero-order valence-corrected chi connectivity index (χ0v) is 36.6. The third-order valence-electron chi connectivity index (χ3n) is 9.74. The van der Waals surface area contributed by atoms with Crippen molar-refractivity contribution in [2.24, 2.45) is 0 Å². The minimum Gasteiger partial charge on any atom is -0.462 e. The second kappa shape index (κ2) is 44.8. The van der Waals surface area contributed by atoms with Crippen molar-refractivity contribution in [3.8, 4) is 0 Å². The summed E-state index contributed by atoms with van der Waals surface area (Å²) >= 11 is 0. The molecule has 1 atom stereocenters. The Morgan fingerprint density at radius 1 is 0.375 bits per heavy atom. The van der Waals surface area contributed by atoms with Crippen molar-refractivity contribution < 1.29 is 28.6 Å². The van der Waals surface area contributed by atoms with E-state index < -0.39 is 6.10 Å². The lowest BCUT2D eigenvalue weighted by Gasteiger charge is -2.18. The van der Waals surface area contributed by atoms with Gasteiger partial charge in [-0.2, -0.15) is 0 Å². The maximum atomic E-state index is 12.7. The first-order valence-corrected chi connectivity index (χ1v) is 23.3. The van der Waals surface area contributed by atoms with Crippen LogP contribution in [0, 0.1) is 0 Å². The number of rotatable bonds is 41. The monoisotopic (exact) mass is 783 g/mol. The molecule has 6 heteroatoms. The largest absolute Gasteiger partial charge is 0.462 e. The highest BCUT2D eigenvalue weighted by Crippen LogP contribution is 2.14. The molecule has 0 heterocycles. The predicted molar refractivity (Wildman–Crippen MR) is 238 cm³/mol. The van der Waals surface area contributed by atoms with E-state index in [2.05, 4.69) is 81.5 Å². The molecule has 0 aromatic rings. The zero-order chi connectivity index (χ0) is 40.8.